The highest BCUT2D eigenvalue weighted by Crippen LogP contribution is 2.35. The van der Waals surface area contributed by atoms with Gasteiger partial charge in [0.2, 0.25) is 0 Å². The van der Waals surface area contributed by atoms with Gasteiger partial charge in [0.25, 0.3) is 0 Å². The average Bonchev–Trinajstić information content (AvgIpc) is 2.69. The number of carbonyl (C=O) groups is 1. The molecule has 0 fully saturated rings. The van der Waals surface area contributed by atoms with Crippen molar-refractivity contribution in [1.29, 1.82) is 0 Å². The Hall–Kier alpha value is -1.09. The highest BCUT2D eigenvalue weighted by Gasteiger charge is 2.33. The first kappa shape index (κ1) is 18.0. The molecule has 0 aliphatic heterocycles. The number of esters is 1. The molecule has 0 aromatic rings. The lowest BCUT2D eigenvalue weighted by Crippen LogP contribution is -2.27. The fourth-order valence-corrected chi connectivity index (χ4v) is 2.87. The molecule has 0 amide bonds. The standard InChI is InChI=1S/C18H30O3/c1-5-21-17(19)13-18(20)10-9-16(12-18)11-15(4)8-6-7-14(2)3/h7,12,15,20H,5-6,8-11,13H2,1-4H3. The summed E-state index contributed by atoms with van der Waals surface area (Å²) in [6.07, 6.45) is 9.09. The summed E-state index contributed by atoms with van der Waals surface area (Å²) >= 11 is 0. The number of hydrogen-bond donors (Lipinski definition) is 1. The lowest BCUT2D eigenvalue weighted by atomic mass is 9.96. The minimum Gasteiger partial charge on any atom is -0.466 e. The van der Waals surface area contributed by atoms with E-state index in [0.717, 1.165) is 19.3 Å². The van der Waals surface area contributed by atoms with E-state index in [0.29, 0.717) is 18.9 Å². The summed E-state index contributed by atoms with van der Waals surface area (Å²) in [5.41, 5.74) is 1.67. The summed E-state index contributed by atoms with van der Waals surface area (Å²) in [5.74, 6) is 0.297. The largest absolute Gasteiger partial charge is 0.466 e. The molecule has 0 aromatic carbocycles. The maximum Gasteiger partial charge on any atom is 0.309 e. The van der Waals surface area contributed by atoms with Crippen LogP contribution in [-0.2, 0) is 9.53 Å². The number of carbonyl (C=O) groups excluding carboxylic acids is 1. The van der Waals surface area contributed by atoms with Gasteiger partial charge < -0.3 is 9.84 Å². The zero-order chi connectivity index (χ0) is 15.9. The summed E-state index contributed by atoms with van der Waals surface area (Å²) in [6, 6.07) is 0. The highest BCUT2D eigenvalue weighted by molar-refractivity contribution is 5.71. The van der Waals surface area contributed by atoms with Gasteiger partial charge in [0.05, 0.1) is 18.6 Å². The fourth-order valence-electron chi connectivity index (χ4n) is 2.87. The van der Waals surface area contributed by atoms with E-state index in [-0.39, 0.29) is 12.4 Å². The van der Waals surface area contributed by atoms with Crippen molar-refractivity contribution >= 4 is 5.97 Å². The van der Waals surface area contributed by atoms with Crippen molar-refractivity contribution in [2.75, 3.05) is 6.61 Å². The molecular weight excluding hydrogens is 264 g/mol. The van der Waals surface area contributed by atoms with Crippen LogP contribution in [0, 0.1) is 5.92 Å². The molecule has 2 atom stereocenters. The predicted octanol–water partition coefficient (Wildman–Crippen LogP) is 4.16. The molecule has 0 heterocycles. The van der Waals surface area contributed by atoms with Crippen LogP contribution in [0.3, 0.4) is 0 Å². The highest BCUT2D eigenvalue weighted by atomic mass is 16.5. The molecule has 2 unspecified atom stereocenters. The lowest BCUT2D eigenvalue weighted by Gasteiger charge is -2.18. The Kier molecular flexibility index (Phi) is 7.16. The Morgan fingerprint density at radius 2 is 2.24 bits per heavy atom. The molecule has 0 aromatic heterocycles. The van der Waals surface area contributed by atoms with E-state index in [1.54, 1.807) is 6.92 Å². The third kappa shape index (κ3) is 6.94. The monoisotopic (exact) mass is 294 g/mol. The third-order valence-electron chi connectivity index (χ3n) is 3.93. The van der Waals surface area contributed by atoms with Crippen molar-refractivity contribution in [3.05, 3.63) is 23.3 Å². The van der Waals surface area contributed by atoms with Crippen molar-refractivity contribution in [2.45, 2.75) is 71.8 Å². The van der Waals surface area contributed by atoms with Gasteiger partial charge in [0.15, 0.2) is 0 Å². The van der Waals surface area contributed by atoms with Crippen LogP contribution in [0.4, 0.5) is 0 Å². The first-order chi connectivity index (χ1) is 9.84. The van der Waals surface area contributed by atoms with Crippen molar-refractivity contribution in [1.82, 2.24) is 0 Å². The van der Waals surface area contributed by atoms with Gasteiger partial charge in [-0.25, -0.2) is 0 Å². The van der Waals surface area contributed by atoms with Crippen LogP contribution in [0.25, 0.3) is 0 Å². The SMILES string of the molecule is CCOC(=O)CC1(O)C=C(CC(C)CCC=C(C)C)CC1. The van der Waals surface area contributed by atoms with Gasteiger partial charge in [-0.15, -0.1) is 0 Å². The molecule has 1 aliphatic carbocycles. The first-order valence-corrected chi connectivity index (χ1v) is 8.06. The predicted molar refractivity (Wildman–Crippen MR) is 86.0 cm³/mol. The first-order valence-electron chi connectivity index (χ1n) is 8.06. The van der Waals surface area contributed by atoms with Gasteiger partial charge in [-0.1, -0.05) is 30.2 Å². The molecule has 1 N–H and O–H groups in total. The molecular formula is C18H30O3. The smallest absolute Gasteiger partial charge is 0.309 e. The van der Waals surface area contributed by atoms with E-state index >= 15 is 0 Å². The maximum atomic E-state index is 11.5. The Morgan fingerprint density at radius 3 is 2.86 bits per heavy atom. The van der Waals surface area contributed by atoms with E-state index in [4.69, 9.17) is 4.74 Å². The van der Waals surface area contributed by atoms with Gasteiger partial charge in [0, 0.05) is 0 Å². The normalized spacial score (nSPS) is 22.6. The Morgan fingerprint density at radius 1 is 1.52 bits per heavy atom. The molecule has 0 saturated heterocycles. The van der Waals surface area contributed by atoms with Gasteiger partial charge in [0.1, 0.15) is 0 Å². The minimum absolute atomic E-state index is 0.0798. The molecule has 1 rings (SSSR count). The van der Waals surface area contributed by atoms with Crippen molar-refractivity contribution in [3.63, 3.8) is 0 Å². The van der Waals surface area contributed by atoms with E-state index in [9.17, 15) is 9.90 Å². The maximum absolute atomic E-state index is 11.5. The second kappa shape index (κ2) is 8.38. The second-order valence-corrected chi connectivity index (χ2v) is 6.56. The zero-order valence-electron chi connectivity index (χ0n) is 13.9. The van der Waals surface area contributed by atoms with Gasteiger partial charge in [-0.2, -0.15) is 0 Å². The molecule has 0 saturated carbocycles. The van der Waals surface area contributed by atoms with Gasteiger partial charge in [-0.3, -0.25) is 4.79 Å². The van der Waals surface area contributed by atoms with Crippen LogP contribution in [0.15, 0.2) is 23.3 Å². The van der Waals surface area contributed by atoms with Crippen LogP contribution in [0.1, 0.15) is 66.2 Å². The summed E-state index contributed by atoms with van der Waals surface area (Å²) in [4.78, 5) is 11.5. The topological polar surface area (TPSA) is 46.5 Å². The number of rotatable bonds is 8. The van der Waals surface area contributed by atoms with E-state index < -0.39 is 5.60 Å². The number of aliphatic hydroxyl groups is 1. The summed E-state index contributed by atoms with van der Waals surface area (Å²) in [7, 11) is 0. The molecule has 3 nitrogen and oxygen atoms in total. The van der Waals surface area contributed by atoms with Gasteiger partial charge >= 0.3 is 5.97 Å². The third-order valence-corrected chi connectivity index (χ3v) is 3.93. The van der Waals surface area contributed by atoms with E-state index in [1.165, 1.54) is 17.6 Å². The average molecular weight is 294 g/mol. The number of allylic oxidation sites excluding steroid dienone is 3. The Labute approximate surface area is 129 Å². The van der Waals surface area contributed by atoms with Crippen LogP contribution >= 0.6 is 0 Å². The second-order valence-electron chi connectivity index (χ2n) is 6.56. The van der Waals surface area contributed by atoms with E-state index in [1.807, 2.05) is 6.08 Å². The van der Waals surface area contributed by atoms with Crippen molar-refractivity contribution in [2.24, 2.45) is 5.92 Å². The molecule has 0 spiro atoms. The molecule has 1 aliphatic rings. The van der Waals surface area contributed by atoms with Crippen LogP contribution in [0.2, 0.25) is 0 Å². The fraction of sp³-hybridized carbons (Fsp3) is 0.722. The Balaban J connectivity index is 2.44. The summed E-state index contributed by atoms with van der Waals surface area (Å²) < 4.78 is 4.93. The van der Waals surface area contributed by atoms with Crippen LogP contribution < -0.4 is 0 Å². The Bertz CT molecular complexity index is 405. The quantitative estimate of drug-likeness (QED) is 0.540. The number of ether oxygens (including phenoxy) is 1. The zero-order valence-corrected chi connectivity index (χ0v) is 13.9. The number of hydrogen-bond acceptors (Lipinski definition) is 3. The van der Waals surface area contributed by atoms with Crippen LogP contribution in [0.5, 0.6) is 0 Å². The molecule has 0 radical (unpaired) electrons. The van der Waals surface area contributed by atoms with Crippen molar-refractivity contribution in [3.8, 4) is 0 Å². The minimum atomic E-state index is -0.985. The van der Waals surface area contributed by atoms with Gasteiger partial charge in [-0.05, 0) is 58.8 Å². The van der Waals surface area contributed by atoms with Crippen molar-refractivity contribution < 1.29 is 14.6 Å². The molecule has 3 heteroatoms. The molecule has 120 valence electrons. The molecule has 0 bridgehead atoms. The van der Waals surface area contributed by atoms with Crippen LogP contribution in [-0.4, -0.2) is 23.3 Å². The van der Waals surface area contributed by atoms with E-state index in [2.05, 4.69) is 26.8 Å². The lowest BCUT2D eigenvalue weighted by molar-refractivity contribution is -0.147. The summed E-state index contributed by atoms with van der Waals surface area (Å²) in [5, 5.41) is 10.4. The molecule has 21 heavy (non-hydrogen) atoms. The summed E-state index contributed by atoms with van der Waals surface area (Å²) in [6.45, 7) is 8.65.